The minimum Gasteiger partial charge on any atom is -0.506 e. The molecular formula is C22H23ClFN5O4. The van der Waals surface area contributed by atoms with Crippen LogP contribution >= 0.6 is 11.6 Å². The molecule has 0 aliphatic carbocycles. The number of nitrogens with zero attached hydrogens (tertiary/aromatic N) is 4. The number of benzene rings is 1. The van der Waals surface area contributed by atoms with Gasteiger partial charge in [0.25, 0.3) is 0 Å². The molecule has 3 aromatic rings. The molecule has 9 nitrogen and oxygen atoms in total. The van der Waals surface area contributed by atoms with Crippen molar-refractivity contribution >= 4 is 40.2 Å². The number of carbonyl (C=O) groups excluding carboxylic acids is 1. The maximum Gasteiger partial charge on any atom is 0.410 e. The van der Waals surface area contributed by atoms with Gasteiger partial charge in [-0.3, -0.25) is 0 Å². The molecule has 1 amide bonds. The molecule has 1 aromatic carbocycles. The Morgan fingerprint density at radius 2 is 2.06 bits per heavy atom. The van der Waals surface area contributed by atoms with Crippen LogP contribution in [-0.4, -0.2) is 55.8 Å². The number of aromatic hydroxyl groups is 1. The molecule has 3 heterocycles. The molecular weight excluding hydrogens is 453 g/mol. The topological polar surface area (TPSA) is 110 Å². The molecule has 0 spiro atoms. The van der Waals surface area contributed by atoms with Gasteiger partial charge in [0.2, 0.25) is 5.88 Å². The van der Waals surface area contributed by atoms with Gasteiger partial charge in [-0.15, -0.1) is 0 Å². The van der Waals surface area contributed by atoms with Crippen LogP contribution in [0.15, 0.2) is 30.6 Å². The molecule has 0 bridgehead atoms. The van der Waals surface area contributed by atoms with Gasteiger partial charge in [0, 0.05) is 19.0 Å². The molecule has 4 rings (SSSR count). The SMILES string of the molecule is CC(C)(C)OC(=O)N1CC[C@H](Oc2ccc3ncnc(Nc4ccc(O)c(Cl)c4F)c3n2)C1. The number of carbonyl (C=O) groups is 1. The first kappa shape index (κ1) is 22.8. The van der Waals surface area contributed by atoms with Gasteiger partial charge < -0.3 is 24.8 Å². The zero-order chi connectivity index (χ0) is 23.8. The summed E-state index contributed by atoms with van der Waals surface area (Å²) in [6.45, 7) is 6.35. The number of rotatable bonds is 4. The third-order valence-corrected chi connectivity index (χ3v) is 5.22. The number of hydrogen-bond acceptors (Lipinski definition) is 8. The molecule has 0 radical (unpaired) electrons. The van der Waals surface area contributed by atoms with E-state index in [-0.39, 0.29) is 29.5 Å². The summed E-state index contributed by atoms with van der Waals surface area (Å²) in [5.41, 5.74) is 0.336. The van der Waals surface area contributed by atoms with Crippen molar-refractivity contribution in [1.82, 2.24) is 19.9 Å². The number of phenols is 1. The van der Waals surface area contributed by atoms with E-state index in [9.17, 15) is 14.3 Å². The van der Waals surface area contributed by atoms with Crippen LogP contribution < -0.4 is 10.1 Å². The normalized spacial score (nSPS) is 16.2. The van der Waals surface area contributed by atoms with Crippen LogP contribution in [0, 0.1) is 5.82 Å². The molecule has 0 saturated carbocycles. The van der Waals surface area contributed by atoms with Crippen LogP contribution in [0.25, 0.3) is 11.0 Å². The largest absolute Gasteiger partial charge is 0.506 e. The Morgan fingerprint density at radius 3 is 2.82 bits per heavy atom. The van der Waals surface area contributed by atoms with Gasteiger partial charge in [0.05, 0.1) is 17.7 Å². The molecule has 33 heavy (non-hydrogen) atoms. The average molecular weight is 476 g/mol. The molecule has 2 N–H and O–H groups in total. The fourth-order valence-corrected chi connectivity index (χ4v) is 3.50. The molecule has 174 valence electrons. The second-order valence-corrected chi connectivity index (χ2v) is 8.96. The number of amides is 1. The van der Waals surface area contributed by atoms with E-state index in [1.165, 1.54) is 18.5 Å². The second kappa shape index (κ2) is 8.86. The summed E-state index contributed by atoms with van der Waals surface area (Å²) in [5.74, 6) is -0.615. The van der Waals surface area contributed by atoms with Crippen molar-refractivity contribution in [1.29, 1.82) is 0 Å². The minimum absolute atomic E-state index is 0.0229. The van der Waals surface area contributed by atoms with Crippen molar-refractivity contribution in [2.24, 2.45) is 0 Å². The van der Waals surface area contributed by atoms with E-state index in [0.29, 0.717) is 36.4 Å². The summed E-state index contributed by atoms with van der Waals surface area (Å²) < 4.78 is 25.8. The van der Waals surface area contributed by atoms with Gasteiger partial charge >= 0.3 is 6.09 Å². The quantitative estimate of drug-likeness (QED) is 0.524. The van der Waals surface area contributed by atoms with Crippen molar-refractivity contribution in [2.45, 2.75) is 38.9 Å². The molecule has 1 aliphatic heterocycles. The first-order valence-corrected chi connectivity index (χ1v) is 10.7. The zero-order valence-corrected chi connectivity index (χ0v) is 19.1. The number of phenolic OH excluding ortho intramolecular Hbond substituents is 1. The van der Waals surface area contributed by atoms with E-state index >= 15 is 0 Å². The summed E-state index contributed by atoms with van der Waals surface area (Å²) in [7, 11) is 0. The second-order valence-electron chi connectivity index (χ2n) is 8.58. The van der Waals surface area contributed by atoms with Gasteiger partial charge in [0.1, 0.15) is 34.3 Å². The van der Waals surface area contributed by atoms with Crippen molar-refractivity contribution in [3.8, 4) is 11.6 Å². The van der Waals surface area contributed by atoms with Gasteiger partial charge in [0.15, 0.2) is 11.6 Å². The van der Waals surface area contributed by atoms with Crippen LogP contribution in [0.5, 0.6) is 11.6 Å². The number of fused-ring (bicyclic) bond motifs is 1. The number of hydrogen-bond donors (Lipinski definition) is 2. The number of ether oxygens (including phenoxy) is 2. The summed E-state index contributed by atoms with van der Waals surface area (Å²) in [6.07, 6.45) is 1.32. The standard InChI is InChI=1S/C22H23ClFN5O4/c1-22(2,3)33-21(31)29-9-8-12(10-29)32-16-7-5-14-19(28-16)20(26-11-25-14)27-13-4-6-15(30)17(23)18(13)24/h4-7,11-12,30H,8-10H2,1-3H3,(H,25,26,27)/t12-/m0/s1. The highest BCUT2D eigenvalue weighted by Crippen LogP contribution is 2.33. The van der Waals surface area contributed by atoms with E-state index in [4.69, 9.17) is 21.1 Å². The lowest BCUT2D eigenvalue weighted by atomic mass is 10.2. The number of likely N-dealkylation sites (tertiary alicyclic amines) is 1. The smallest absolute Gasteiger partial charge is 0.410 e. The van der Waals surface area contributed by atoms with Crippen LogP contribution in [0.4, 0.5) is 20.7 Å². The van der Waals surface area contributed by atoms with Crippen molar-refractivity contribution in [3.05, 3.63) is 41.4 Å². The Morgan fingerprint density at radius 1 is 1.27 bits per heavy atom. The lowest BCUT2D eigenvalue weighted by molar-refractivity contribution is 0.0275. The molecule has 11 heteroatoms. The Balaban J connectivity index is 1.52. The first-order chi connectivity index (χ1) is 15.6. The molecule has 1 atom stereocenters. The van der Waals surface area contributed by atoms with E-state index in [1.54, 1.807) is 17.0 Å². The fourth-order valence-electron chi connectivity index (χ4n) is 3.33. The predicted molar refractivity (Wildman–Crippen MR) is 121 cm³/mol. The predicted octanol–water partition coefficient (Wildman–Crippen LogP) is 4.65. The highest BCUT2D eigenvalue weighted by molar-refractivity contribution is 6.32. The highest BCUT2D eigenvalue weighted by Gasteiger charge is 2.31. The molecule has 1 saturated heterocycles. The summed E-state index contributed by atoms with van der Waals surface area (Å²) in [5, 5.41) is 12.0. The Kier molecular flexibility index (Phi) is 6.11. The van der Waals surface area contributed by atoms with Gasteiger partial charge in [-0.05, 0) is 39.0 Å². The van der Waals surface area contributed by atoms with Crippen LogP contribution in [0.3, 0.4) is 0 Å². The molecule has 1 fully saturated rings. The van der Waals surface area contributed by atoms with E-state index in [2.05, 4.69) is 20.3 Å². The zero-order valence-electron chi connectivity index (χ0n) is 18.3. The number of aromatic nitrogens is 3. The van der Waals surface area contributed by atoms with Crippen molar-refractivity contribution in [2.75, 3.05) is 18.4 Å². The minimum atomic E-state index is -0.816. The van der Waals surface area contributed by atoms with Crippen LogP contribution in [0.1, 0.15) is 27.2 Å². The van der Waals surface area contributed by atoms with Gasteiger partial charge in [-0.2, -0.15) is 0 Å². The van der Waals surface area contributed by atoms with E-state index < -0.39 is 16.4 Å². The third kappa shape index (κ3) is 5.16. The maximum atomic E-state index is 14.4. The summed E-state index contributed by atoms with van der Waals surface area (Å²) in [4.78, 5) is 26.7. The van der Waals surface area contributed by atoms with Gasteiger partial charge in [-0.1, -0.05) is 11.6 Å². The lowest BCUT2D eigenvalue weighted by Crippen LogP contribution is -2.36. The van der Waals surface area contributed by atoms with E-state index in [1.807, 2.05) is 20.8 Å². The van der Waals surface area contributed by atoms with E-state index in [0.717, 1.165) is 0 Å². The number of halogens is 2. The lowest BCUT2D eigenvalue weighted by Gasteiger charge is -2.24. The Labute approximate surface area is 194 Å². The molecule has 2 aromatic heterocycles. The van der Waals surface area contributed by atoms with Crippen LogP contribution in [0.2, 0.25) is 5.02 Å². The maximum absolute atomic E-state index is 14.4. The highest BCUT2D eigenvalue weighted by atomic mass is 35.5. The summed E-state index contributed by atoms with van der Waals surface area (Å²) in [6, 6.07) is 6.00. The van der Waals surface area contributed by atoms with Crippen LogP contribution in [-0.2, 0) is 4.74 Å². The fraction of sp³-hybridized carbons (Fsp3) is 0.364. The Bertz CT molecular complexity index is 1200. The summed E-state index contributed by atoms with van der Waals surface area (Å²) >= 11 is 5.79. The number of anilines is 2. The molecule has 0 unspecified atom stereocenters. The third-order valence-electron chi connectivity index (χ3n) is 4.86. The van der Waals surface area contributed by atoms with Crippen molar-refractivity contribution in [3.63, 3.8) is 0 Å². The number of nitrogens with one attached hydrogen (secondary N) is 1. The number of pyridine rings is 1. The van der Waals surface area contributed by atoms with Gasteiger partial charge in [-0.25, -0.2) is 24.1 Å². The monoisotopic (exact) mass is 475 g/mol. The first-order valence-electron chi connectivity index (χ1n) is 10.3. The molecule has 1 aliphatic rings. The Hall–Kier alpha value is -3.40. The average Bonchev–Trinajstić information content (AvgIpc) is 3.22. The van der Waals surface area contributed by atoms with Crippen molar-refractivity contribution < 1.29 is 23.8 Å².